The third-order valence-corrected chi connectivity index (χ3v) is 5.24. The Balaban J connectivity index is 1.63. The van der Waals surface area contributed by atoms with Crippen molar-refractivity contribution in [3.05, 3.63) is 47.8 Å². The number of fused-ring (bicyclic) bond motifs is 4. The fourth-order valence-electron chi connectivity index (χ4n) is 3.73. The first-order chi connectivity index (χ1) is 14.6. The Morgan fingerprint density at radius 3 is 2.65 bits per heavy atom. The Labute approximate surface area is 176 Å². The Morgan fingerprint density at radius 1 is 1.29 bits per heavy atom. The number of hydroxylamine groups is 2. The third kappa shape index (κ3) is 4.21. The molecule has 31 heavy (non-hydrogen) atoms. The lowest BCUT2D eigenvalue weighted by atomic mass is 9.96. The number of urea groups is 1. The van der Waals surface area contributed by atoms with E-state index < -0.39 is 34.4 Å². The lowest BCUT2D eigenvalue weighted by Crippen LogP contribution is -2.37. The zero-order chi connectivity index (χ0) is 22.3. The topological polar surface area (TPSA) is 177 Å². The number of benzene rings is 1. The van der Waals surface area contributed by atoms with Crippen molar-refractivity contribution in [1.29, 1.82) is 0 Å². The number of nitrogens with one attached hydrogen (secondary N) is 1. The Bertz CT molecular complexity index is 1150. The number of carbonyl (C=O) groups is 3. The van der Waals surface area contributed by atoms with Crippen LogP contribution in [0.5, 0.6) is 0 Å². The van der Waals surface area contributed by atoms with Gasteiger partial charge in [0.15, 0.2) is 0 Å². The van der Waals surface area contributed by atoms with Crippen molar-refractivity contribution in [1.82, 2.24) is 19.7 Å². The van der Waals surface area contributed by atoms with Gasteiger partial charge in [-0.1, -0.05) is 18.2 Å². The van der Waals surface area contributed by atoms with Gasteiger partial charge in [0.1, 0.15) is 12.6 Å². The number of nitrogens with two attached hydrogens (primary N) is 1. The summed E-state index contributed by atoms with van der Waals surface area (Å²) >= 11 is 0. The highest BCUT2D eigenvalue weighted by molar-refractivity contribution is 7.80. The van der Waals surface area contributed by atoms with Crippen molar-refractivity contribution in [2.45, 2.75) is 25.0 Å². The predicted octanol–water partition coefficient (Wildman–Crippen LogP) is -0.0350. The number of para-hydroxylation sites is 1. The average molecular weight is 450 g/mol. The van der Waals surface area contributed by atoms with E-state index in [9.17, 15) is 22.8 Å². The molecule has 2 atom stereocenters. The Hall–Kier alpha value is -3.49. The summed E-state index contributed by atoms with van der Waals surface area (Å²) in [5, 5.41) is 7.55. The zero-order valence-electron chi connectivity index (χ0n) is 15.9. The fourth-order valence-corrected chi connectivity index (χ4v) is 4.10. The number of rotatable bonds is 7. The van der Waals surface area contributed by atoms with Gasteiger partial charge < -0.3 is 16.0 Å². The maximum atomic E-state index is 12.6. The monoisotopic (exact) mass is 450 g/mol. The van der Waals surface area contributed by atoms with Crippen molar-refractivity contribution >= 4 is 33.9 Å². The first-order valence-electron chi connectivity index (χ1n) is 9.09. The van der Waals surface area contributed by atoms with E-state index in [0.29, 0.717) is 16.3 Å². The number of hydrogen-bond donors (Lipinski definition) is 3. The van der Waals surface area contributed by atoms with E-state index in [-0.39, 0.29) is 31.1 Å². The van der Waals surface area contributed by atoms with E-state index in [1.165, 1.54) is 15.8 Å². The normalized spacial score (nSPS) is 20.0. The van der Waals surface area contributed by atoms with Gasteiger partial charge >= 0.3 is 16.4 Å². The van der Waals surface area contributed by atoms with Crippen LogP contribution in [0.15, 0.2) is 36.5 Å². The summed E-state index contributed by atoms with van der Waals surface area (Å²) in [4.78, 5) is 37.7. The standard InChI is InChI=1S/C17H18N6O7S/c18-14(24)6-12-16-11(13-8-22(12)17(26)23(13)30-31(27,28)29)7-21(20-16)9-15(25)19-10-4-2-1-3-5-10/h1-5,7,12-13H,6,8-9H2,(H2,18,24)(H,19,25)(H,27,28,29). The van der Waals surface area contributed by atoms with Crippen LogP contribution in [0.1, 0.15) is 29.8 Å². The molecule has 2 aliphatic heterocycles. The predicted molar refractivity (Wildman–Crippen MR) is 103 cm³/mol. The lowest BCUT2D eigenvalue weighted by Gasteiger charge is -2.28. The average Bonchev–Trinajstić information content (AvgIpc) is 3.20. The molecule has 2 bridgehead atoms. The number of aromatic nitrogens is 2. The third-order valence-electron chi connectivity index (χ3n) is 4.89. The zero-order valence-corrected chi connectivity index (χ0v) is 16.7. The van der Waals surface area contributed by atoms with Gasteiger partial charge in [0.05, 0.1) is 24.7 Å². The second kappa shape index (κ2) is 7.64. The minimum atomic E-state index is -4.97. The molecule has 13 nitrogen and oxygen atoms in total. The fraction of sp³-hybridized carbons (Fsp3) is 0.294. The molecule has 1 aromatic carbocycles. The van der Waals surface area contributed by atoms with Crippen LogP contribution in [-0.2, 0) is 30.8 Å². The molecule has 3 heterocycles. The van der Waals surface area contributed by atoms with Crippen LogP contribution in [0.25, 0.3) is 0 Å². The van der Waals surface area contributed by atoms with E-state index in [2.05, 4.69) is 14.7 Å². The lowest BCUT2D eigenvalue weighted by molar-refractivity contribution is -0.119. The molecule has 0 radical (unpaired) electrons. The highest BCUT2D eigenvalue weighted by Crippen LogP contribution is 2.44. The van der Waals surface area contributed by atoms with Gasteiger partial charge in [-0.15, -0.1) is 4.28 Å². The number of anilines is 1. The summed E-state index contributed by atoms with van der Waals surface area (Å²) in [6, 6.07) is 6.13. The molecule has 2 unspecified atom stereocenters. The van der Waals surface area contributed by atoms with Crippen molar-refractivity contribution < 1.29 is 31.6 Å². The van der Waals surface area contributed by atoms with Crippen molar-refractivity contribution in [2.75, 3.05) is 11.9 Å². The Kier molecular flexibility index (Phi) is 5.12. The smallest absolute Gasteiger partial charge is 0.370 e. The van der Waals surface area contributed by atoms with Gasteiger partial charge in [-0.2, -0.15) is 18.6 Å². The molecule has 4 amide bonds. The number of hydrogen-bond acceptors (Lipinski definition) is 7. The molecule has 4 rings (SSSR count). The molecule has 2 aliphatic rings. The maximum Gasteiger partial charge on any atom is 0.418 e. The van der Waals surface area contributed by atoms with Crippen LogP contribution in [-0.4, -0.2) is 57.1 Å². The van der Waals surface area contributed by atoms with E-state index >= 15 is 0 Å². The maximum absolute atomic E-state index is 12.6. The molecule has 0 saturated carbocycles. The molecule has 164 valence electrons. The molecule has 14 heteroatoms. The van der Waals surface area contributed by atoms with Gasteiger partial charge in [-0.05, 0) is 12.1 Å². The number of primary amides is 1. The summed E-state index contributed by atoms with van der Waals surface area (Å²) in [5.74, 6) is -1.07. The van der Waals surface area contributed by atoms with Crippen molar-refractivity contribution in [3.63, 3.8) is 0 Å². The van der Waals surface area contributed by atoms with Gasteiger partial charge in [0, 0.05) is 17.4 Å². The largest absolute Gasteiger partial charge is 0.418 e. The highest BCUT2D eigenvalue weighted by Gasteiger charge is 2.51. The first-order valence-corrected chi connectivity index (χ1v) is 10.5. The van der Waals surface area contributed by atoms with E-state index in [1.54, 1.807) is 24.3 Å². The van der Waals surface area contributed by atoms with Crippen LogP contribution in [0.4, 0.5) is 10.5 Å². The molecule has 4 N–H and O–H groups in total. The van der Waals surface area contributed by atoms with Crippen LogP contribution in [0.2, 0.25) is 0 Å². The minimum Gasteiger partial charge on any atom is -0.370 e. The summed E-state index contributed by atoms with van der Waals surface area (Å²) in [5.41, 5.74) is 6.58. The van der Waals surface area contributed by atoms with Gasteiger partial charge in [-0.25, -0.2) is 4.79 Å². The second-order valence-electron chi connectivity index (χ2n) is 7.05. The summed E-state index contributed by atoms with van der Waals surface area (Å²) in [6.07, 6.45) is 1.20. The van der Waals surface area contributed by atoms with Crippen LogP contribution in [0, 0.1) is 0 Å². The van der Waals surface area contributed by atoms with E-state index in [0.717, 1.165) is 0 Å². The molecule has 1 saturated heterocycles. The Morgan fingerprint density at radius 2 is 2.00 bits per heavy atom. The molecule has 1 aromatic heterocycles. The van der Waals surface area contributed by atoms with Crippen LogP contribution < -0.4 is 11.1 Å². The quantitative estimate of drug-likeness (QED) is 0.492. The van der Waals surface area contributed by atoms with Gasteiger partial charge in [0.2, 0.25) is 11.8 Å². The molecular weight excluding hydrogens is 432 g/mol. The number of nitrogens with zero attached hydrogens (tertiary/aromatic N) is 4. The highest BCUT2D eigenvalue weighted by atomic mass is 32.3. The van der Waals surface area contributed by atoms with E-state index in [1.807, 2.05) is 6.07 Å². The molecule has 0 aliphatic carbocycles. The SMILES string of the molecule is NC(=O)CC1c2nn(CC(=O)Nc3ccccc3)cc2C2CN1C(=O)N2OS(=O)(=O)O. The minimum absolute atomic E-state index is 0.0127. The molecule has 2 aromatic rings. The van der Waals surface area contributed by atoms with E-state index in [4.69, 9.17) is 10.3 Å². The first kappa shape index (κ1) is 20.8. The number of carbonyl (C=O) groups excluding carboxylic acids is 3. The van der Waals surface area contributed by atoms with Gasteiger partial charge in [-0.3, -0.25) is 18.8 Å². The molecule has 1 fully saturated rings. The van der Waals surface area contributed by atoms with Crippen molar-refractivity contribution in [3.8, 4) is 0 Å². The summed E-state index contributed by atoms with van der Waals surface area (Å²) in [7, 11) is -4.97. The van der Waals surface area contributed by atoms with Crippen LogP contribution >= 0.6 is 0 Å². The summed E-state index contributed by atoms with van der Waals surface area (Å²) in [6.45, 7) is -0.188. The second-order valence-corrected chi connectivity index (χ2v) is 8.05. The van der Waals surface area contributed by atoms with Gasteiger partial charge in [0.25, 0.3) is 0 Å². The summed E-state index contributed by atoms with van der Waals surface area (Å²) < 4.78 is 37.2. The van der Waals surface area contributed by atoms with Crippen LogP contribution in [0.3, 0.4) is 0 Å². The molecular formula is C17H18N6O7S. The van der Waals surface area contributed by atoms with Crippen molar-refractivity contribution in [2.24, 2.45) is 5.73 Å². The number of amides is 4. The molecule has 0 spiro atoms.